The van der Waals surface area contributed by atoms with Gasteiger partial charge in [0.25, 0.3) is 5.91 Å². The Hall–Kier alpha value is -2.75. The van der Waals surface area contributed by atoms with Crippen molar-refractivity contribution < 1.29 is 18.7 Å². The van der Waals surface area contributed by atoms with Crippen LogP contribution in [0.15, 0.2) is 36.5 Å². The normalized spacial score (nSPS) is 21.2. The topological polar surface area (TPSA) is 88.5 Å². The molecule has 2 aliphatic heterocycles. The largest absolute Gasteiger partial charge is 0.378 e. The third-order valence-electron chi connectivity index (χ3n) is 5.28. The number of carbonyl (C=O) groups excluding carboxylic acids is 2. The summed E-state index contributed by atoms with van der Waals surface area (Å²) in [5, 5.41) is 6.08. The number of amides is 2. The minimum absolute atomic E-state index is 0.0236. The quantitative estimate of drug-likeness (QED) is 0.702. The van der Waals surface area contributed by atoms with Gasteiger partial charge in [0.2, 0.25) is 5.91 Å². The molecule has 4 rings (SSSR count). The SMILES string of the molecule is C[C@@H]1CN(C(=O)/C=C/[C@@H]2COCCN2)Cc2ncc(C(=O)Nc3ccc(F)cc3Cl)n21. The molecule has 2 aliphatic rings. The number of morpholine rings is 1. The van der Waals surface area contributed by atoms with Gasteiger partial charge in [-0.2, -0.15) is 0 Å². The number of halogens is 2. The van der Waals surface area contributed by atoms with Crippen LogP contribution in [0.2, 0.25) is 5.02 Å². The highest BCUT2D eigenvalue weighted by Gasteiger charge is 2.29. The number of rotatable bonds is 4. The summed E-state index contributed by atoms with van der Waals surface area (Å²) in [6.45, 7) is 4.64. The summed E-state index contributed by atoms with van der Waals surface area (Å²) in [5.41, 5.74) is 0.670. The lowest BCUT2D eigenvalue weighted by Gasteiger charge is -2.32. The molecule has 0 bridgehead atoms. The second-order valence-electron chi connectivity index (χ2n) is 7.57. The van der Waals surface area contributed by atoms with Crippen molar-refractivity contribution in [1.82, 2.24) is 19.8 Å². The molecule has 0 saturated carbocycles. The molecule has 2 aromatic rings. The maximum absolute atomic E-state index is 13.2. The van der Waals surface area contributed by atoms with Crippen molar-refractivity contribution in [3.8, 4) is 0 Å². The van der Waals surface area contributed by atoms with E-state index in [0.29, 0.717) is 43.5 Å². The maximum atomic E-state index is 13.2. The molecule has 2 atom stereocenters. The lowest BCUT2D eigenvalue weighted by atomic mass is 10.2. The summed E-state index contributed by atoms with van der Waals surface area (Å²) in [7, 11) is 0. The van der Waals surface area contributed by atoms with E-state index < -0.39 is 11.7 Å². The zero-order chi connectivity index (χ0) is 22.0. The van der Waals surface area contributed by atoms with Crippen molar-refractivity contribution in [3.05, 3.63) is 58.9 Å². The summed E-state index contributed by atoms with van der Waals surface area (Å²) < 4.78 is 20.4. The lowest BCUT2D eigenvalue weighted by molar-refractivity contribution is -0.128. The van der Waals surface area contributed by atoms with Crippen LogP contribution in [-0.2, 0) is 16.1 Å². The molecule has 0 spiro atoms. The Kier molecular flexibility index (Phi) is 6.35. The van der Waals surface area contributed by atoms with Gasteiger partial charge < -0.3 is 24.8 Å². The van der Waals surface area contributed by atoms with Crippen LogP contribution < -0.4 is 10.6 Å². The third kappa shape index (κ3) is 4.79. The molecular weight excluding hydrogens is 425 g/mol. The molecule has 164 valence electrons. The Labute approximate surface area is 184 Å². The van der Waals surface area contributed by atoms with Gasteiger partial charge >= 0.3 is 0 Å². The summed E-state index contributed by atoms with van der Waals surface area (Å²) in [6.07, 6.45) is 4.85. The maximum Gasteiger partial charge on any atom is 0.273 e. The van der Waals surface area contributed by atoms with Crippen LogP contribution in [0.3, 0.4) is 0 Å². The third-order valence-corrected chi connectivity index (χ3v) is 5.59. The molecule has 1 saturated heterocycles. The Morgan fingerprint density at radius 2 is 2.26 bits per heavy atom. The minimum atomic E-state index is -0.482. The fourth-order valence-corrected chi connectivity index (χ4v) is 3.98. The van der Waals surface area contributed by atoms with Crippen molar-refractivity contribution in [2.75, 3.05) is 31.6 Å². The fraction of sp³-hybridized carbons (Fsp3) is 0.381. The van der Waals surface area contributed by atoms with Crippen LogP contribution in [0.25, 0.3) is 0 Å². The van der Waals surface area contributed by atoms with E-state index in [9.17, 15) is 14.0 Å². The van der Waals surface area contributed by atoms with Crippen LogP contribution in [0, 0.1) is 5.82 Å². The summed E-state index contributed by atoms with van der Waals surface area (Å²) >= 11 is 6.01. The molecule has 0 unspecified atom stereocenters. The Balaban J connectivity index is 1.45. The van der Waals surface area contributed by atoms with Crippen molar-refractivity contribution in [2.45, 2.75) is 25.6 Å². The molecule has 1 aromatic carbocycles. The first-order valence-corrected chi connectivity index (χ1v) is 10.4. The van der Waals surface area contributed by atoms with Crippen LogP contribution in [0.4, 0.5) is 10.1 Å². The number of aromatic nitrogens is 2. The molecule has 1 aromatic heterocycles. The predicted molar refractivity (Wildman–Crippen MR) is 113 cm³/mol. The molecule has 0 aliphatic carbocycles. The van der Waals surface area contributed by atoms with Crippen LogP contribution in [0.5, 0.6) is 0 Å². The van der Waals surface area contributed by atoms with E-state index in [1.807, 2.05) is 17.6 Å². The number of hydrogen-bond donors (Lipinski definition) is 2. The zero-order valence-electron chi connectivity index (χ0n) is 17.0. The van der Waals surface area contributed by atoms with E-state index in [0.717, 1.165) is 12.6 Å². The Morgan fingerprint density at radius 1 is 1.42 bits per heavy atom. The Bertz CT molecular complexity index is 1020. The van der Waals surface area contributed by atoms with Gasteiger partial charge in [0, 0.05) is 25.2 Å². The highest BCUT2D eigenvalue weighted by Crippen LogP contribution is 2.26. The van der Waals surface area contributed by atoms with E-state index in [4.69, 9.17) is 16.3 Å². The molecule has 2 N–H and O–H groups in total. The van der Waals surface area contributed by atoms with Gasteiger partial charge in [0.15, 0.2) is 0 Å². The molecule has 10 heteroatoms. The molecule has 3 heterocycles. The lowest BCUT2D eigenvalue weighted by Crippen LogP contribution is -2.42. The molecule has 2 amide bonds. The van der Waals surface area contributed by atoms with Gasteiger partial charge in [-0.15, -0.1) is 0 Å². The van der Waals surface area contributed by atoms with Crippen LogP contribution in [0.1, 0.15) is 29.3 Å². The first kappa shape index (κ1) is 21.5. The minimum Gasteiger partial charge on any atom is -0.378 e. The molecule has 1 fully saturated rings. The number of hydrogen-bond acceptors (Lipinski definition) is 5. The predicted octanol–water partition coefficient (Wildman–Crippen LogP) is 2.38. The van der Waals surface area contributed by atoms with Crippen molar-refractivity contribution in [2.24, 2.45) is 0 Å². The monoisotopic (exact) mass is 447 g/mol. The average molecular weight is 448 g/mol. The molecule has 8 nitrogen and oxygen atoms in total. The Morgan fingerprint density at radius 3 is 3.00 bits per heavy atom. The summed E-state index contributed by atoms with van der Waals surface area (Å²) in [5.74, 6) is -0.376. The second-order valence-corrected chi connectivity index (χ2v) is 7.98. The summed E-state index contributed by atoms with van der Waals surface area (Å²) in [4.78, 5) is 31.5. The van der Waals surface area contributed by atoms with E-state index in [2.05, 4.69) is 15.6 Å². The number of carbonyl (C=O) groups is 2. The molecule has 0 radical (unpaired) electrons. The van der Waals surface area contributed by atoms with Crippen molar-refractivity contribution in [3.63, 3.8) is 0 Å². The number of ether oxygens (including phenoxy) is 1. The fourth-order valence-electron chi connectivity index (χ4n) is 3.77. The smallest absolute Gasteiger partial charge is 0.273 e. The average Bonchev–Trinajstić information content (AvgIpc) is 3.19. The van der Waals surface area contributed by atoms with E-state index in [-0.39, 0.29) is 23.0 Å². The van der Waals surface area contributed by atoms with Gasteiger partial charge in [-0.25, -0.2) is 9.37 Å². The highest BCUT2D eigenvalue weighted by atomic mass is 35.5. The van der Waals surface area contributed by atoms with Crippen molar-refractivity contribution in [1.29, 1.82) is 0 Å². The number of anilines is 1. The first-order chi connectivity index (χ1) is 14.9. The number of imidazole rings is 1. The van der Waals surface area contributed by atoms with Gasteiger partial charge in [-0.1, -0.05) is 17.7 Å². The van der Waals surface area contributed by atoms with E-state index in [1.165, 1.54) is 18.3 Å². The van der Waals surface area contributed by atoms with E-state index in [1.54, 1.807) is 11.0 Å². The van der Waals surface area contributed by atoms with E-state index >= 15 is 0 Å². The number of fused-ring (bicyclic) bond motifs is 1. The number of nitrogens with one attached hydrogen (secondary N) is 2. The number of nitrogens with zero attached hydrogens (tertiary/aromatic N) is 3. The first-order valence-electron chi connectivity index (χ1n) is 10.0. The zero-order valence-corrected chi connectivity index (χ0v) is 17.7. The highest BCUT2D eigenvalue weighted by molar-refractivity contribution is 6.33. The number of benzene rings is 1. The van der Waals surface area contributed by atoms with Gasteiger partial charge in [-0.05, 0) is 25.1 Å². The molecular formula is C21H23ClFN5O3. The van der Waals surface area contributed by atoms with Gasteiger partial charge in [0.05, 0.1) is 42.7 Å². The van der Waals surface area contributed by atoms with Gasteiger partial charge in [0.1, 0.15) is 17.3 Å². The van der Waals surface area contributed by atoms with Crippen LogP contribution >= 0.6 is 11.6 Å². The van der Waals surface area contributed by atoms with Crippen molar-refractivity contribution >= 4 is 29.1 Å². The molecule has 31 heavy (non-hydrogen) atoms. The van der Waals surface area contributed by atoms with Gasteiger partial charge in [-0.3, -0.25) is 9.59 Å². The summed E-state index contributed by atoms with van der Waals surface area (Å²) in [6, 6.07) is 3.64. The van der Waals surface area contributed by atoms with Crippen LogP contribution in [-0.4, -0.2) is 58.6 Å². The second kappa shape index (κ2) is 9.17. The standard InChI is InChI=1S/C21H23ClFN5O3/c1-13-10-27(20(29)5-3-15-12-31-7-6-24-15)11-19-25-9-18(28(13)19)21(30)26-17-4-2-14(23)8-16(17)22/h2-5,8-9,13,15,24H,6-7,10-12H2,1H3,(H,26,30)/b5-3+/t13-,15-/m1/s1.